The second kappa shape index (κ2) is 9.20. The summed E-state index contributed by atoms with van der Waals surface area (Å²) < 4.78 is 15.9. The number of ether oxygens (including phenoxy) is 3. The highest BCUT2D eigenvalue weighted by Gasteiger charge is 2.15. The standard InChI is InChI=1S/C24H21N3O4/c1-29-12-13-30-19-10-11-20-21(15-25)23(27-22(20)14-19)16-6-8-17(9-7-16)26-24(28)31-18-4-2-3-5-18/h2-11,14,18,27H,12-13H2,1H3,(H,26,28). The first-order valence-electron chi connectivity index (χ1n) is 9.78. The molecule has 1 heterocycles. The fourth-order valence-corrected chi connectivity index (χ4v) is 3.32. The number of nitrogens with zero attached hydrogens (tertiary/aromatic N) is 1. The van der Waals surface area contributed by atoms with Crippen molar-refractivity contribution in [2.45, 2.75) is 6.10 Å². The van der Waals surface area contributed by atoms with Crippen molar-refractivity contribution in [2.24, 2.45) is 0 Å². The second-order valence-corrected chi connectivity index (χ2v) is 6.88. The van der Waals surface area contributed by atoms with Gasteiger partial charge in [0, 0.05) is 24.2 Å². The summed E-state index contributed by atoms with van der Waals surface area (Å²) in [6.45, 7) is 0.949. The van der Waals surface area contributed by atoms with Crippen molar-refractivity contribution in [3.63, 3.8) is 0 Å². The van der Waals surface area contributed by atoms with Crippen LogP contribution in [0.4, 0.5) is 10.5 Å². The van der Waals surface area contributed by atoms with Gasteiger partial charge in [0.1, 0.15) is 24.5 Å². The van der Waals surface area contributed by atoms with E-state index in [0.29, 0.717) is 35.9 Å². The largest absolute Gasteiger partial charge is 0.491 e. The third-order valence-corrected chi connectivity index (χ3v) is 4.81. The zero-order valence-corrected chi connectivity index (χ0v) is 16.9. The number of aromatic nitrogens is 1. The van der Waals surface area contributed by atoms with Crippen molar-refractivity contribution >= 4 is 22.7 Å². The maximum absolute atomic E-state index is 12.0. The molecule has 0 bridgehead atoms. The van der Waals surface area contributed by atoms with Gasteiger partial charge in [-0.3, -0.25) is 5.32 Å². The van der Waals surface area contributed by atoms with E-state index in [1.807, 2.05) is 42.5 Å². The molecule has 3 aromatic rings. The average Bonchev–Trinajstić information content (AvgIpc) is 3.41. The molecule has 156 valence electrons. The van der Waals surface area contributed by atoms with E-state index < -0.39 is 6.09 Å². The molecule has 7 nitrogen and oxygen atoms in total. The Hall–Kier alpha value is -4.02. The number of anilines is 1. The SMILES string of the molecule is COCCOc1ccc2c(C#N)c(-c3ccc(NC(=O)OC4C=CC=C4)cc3)[nH]c2c1. The number of fused-ring (bicyclic) bond motifs is 1. The highest BCUT2D eigenvalue weighted by atomic mass is 16.6. The van der Waals surface area contributed by atoms with Crippen LogP contribution in [0.25, 0.3) is 22.2 Å². The third kappa shape index (κ3) is 4.60. The van der Waals surface area contributed by atoms with E-state index in [1.165, 1.54) is 0 Å². The first kappa shape index (κ1) is 20.3. The van der Waals surface area contributed by atoms with Gasteiger partial charge in [-0.05, 0) is 42.0 Å². The molecule has 0 radical (unpaired) electrons. The minimum absolute atomic E-state index is 0.341. The molecule has 2 N–H and O–H groups in total. The number of amides is 1. The molecule has 2 aromatic carbocycles. The Morgan fingerprint density at radius 3 is 2.61 bits per heavy atom. The van der Waals surface area contributed by atoms with E-state index in [4.69, 9.17) is 14.2 Å². The number of benzene rings is 2. The number of hydrogen-bond donors (Lipinski definition) is 2. The van der Waals surface area contributed by atoms with E-state index in [-0.39, 0.29) is 6.10 Å². The lowest BCUT2D eigenvalue weighted by molar-refractivity contribution is 0.146. The summed E-state index contributed by atoms with van der Waals surface area (Å²) in [4.78, 5) is 15.3. The van der Waals surface area contributed by atoms with Gasteiger partial charge in [0.2, 0.25) is 0 Å². The first-order chi connectivity index (χ1) is 15.2. The molecule has 1 amide bonds. The summed E-state index contributed by atoms with van der Waals surface area (Å²) >= 11 is 0. The Labute approximate surface area is 179 Å². The lowest BCUT2D eigenvalue weighted by atomic mass is 10.1. The maximum Gasteiger partial charge on any atom is 0.412 e. The molecule has 1 aromatic heterocycles. The lowest BCUT2D eigenvalue weighted by Crippen LogP contribution is -2.18. The van der Waals surface area contributed by atoms with Gasteiger partial charge < -0.3 is 19.2 Å². The van der Waals surface area contributed by atoms with E-state index >= 15 is 0 Å². The number of carbonyl (C=O) groups excluding carboxylic acids is 1. The van der Waals surface area contributed by atoms with Crippen LogP contribution in [-0.4, -0.2) is 37.5 Å². The zero-order valence-electron chi connectivity index (χ0n) is 16.9. The van der Waals surface area contributed by atoms with Crippen LogP contribution in [0.2, 0.25) is 0 Å². The lowest BCUT2D eigenvalue weighted by Gasteiger charge is -2.10. The van der Waals surface area contributed by atoms with Crippen molar-refractivity contribution < 1.29 is 19.0 Å². The minimum atomic E-state index is -0.529. The first-order valence-corrected chi connectivity index (χ1v) is 9.78. The molecule has 4 rings (SSSR count). The van der Waals surface area contributed by atoms with E-state index in [9.17, 15) is 10.1 Å². The predicted octanol–water partition coefficient (Wildman–Crippen LogP) is 4.77. The Balaban J connectivity index is 1.52. The molecule has 0 spiro atoms. The Kier molecular flexibility index (Phi) is 6.01. The summed E-state index contributed by atoms with van der Waals surface area (Å²) in [6.07, 6.45) is 6.36. The Bertz CT molecular complexity index is 1170. The van der Waals surface area contributed by atoms with Gasteiger partial charge in [-0.15, -0.1) is 0 Å². The molecule has 0 atom stereocenters. The second-order valence-electron chi connectivity index (χ2n) is 6.88. The predicted molar refractivity (Wildman–Crippen MR) is 118 cm³/mol. The van der Waals surface area contributed by atoms with Gasteiger partial charge in [-0.25, -0.2) is 4.79 Å². The third-order valence-electron chi connectivity index (χ3n) is 4.81. The summed E-state index contributed by atoms with van der Waals surface area (Å²) in [5.41, 5.74) is 3.50. The number of H-pyrrole nitrogens is 1. The Morgan fingerprint density at radius 2 is 1.90 bits per heavy atom. The van der Waals surface area contributed by atoms with Crippen molar-refractivity contribution in [3.8, 4) is 23.1 Å². The van der Waals surface area contributed by atoms with Gasteiger partial charge in [0.25, 0.3) is 0 Å². The molecule has 1 aliphatic carbocycles. The topological polar surface area (TPSA) is 96.4 Å². The molecule has 0 fully saturated rings. The van der Waals surface area contributed by atoms with Crippen LogP contribution in [0.5, 0.6) is 5.75 Å². The number of aromatic amines is 1. The zero-order chi connectivity index (χ0) is 21.6. The molecular formula is C24H21N3O4. The number of nitrogens with one attached hydrogen (secondary N) is 2. The van der Waals surface area contributed by atoms with Crippen LogP contribution in [0.1, 0.15) is 5.56 Å². The van der Waals surface area contributed by atoms with Gasteiger partial charge in [-0.2, -0.15) is 5.26 Å². The van der Waals surface area contributed by atoms with Crippen molar-refractivity contribution in [2.75, 3.05) is 25.6 Å². The quantitative estimate of drug-likeness (QED) is 0.542. The van der Waals surface area contributed by atoms with Crippen molar-refractivity contribution in [1.29, 1.82) is 5.26 Å². The molecule has 1 aliphatic rings. The van der Waals surface area contributed by atoms with Gasteiger partial charge >= 0.3 is 6.09 Å². The minimum Gasteiger partial charge on any atom is -0.491 e. The highest BCUT2D eigenvalue weighted by molar-refractivity contribution is 5.94. The summed E-state index contributed by atoms with van der Waals surface area (Å²) in [7, 11) is 1.62. The Morgan fingerprint density at radius 1 is 1.13 bits per heavy atom. The van der Waals surface area contributed by atoms with Crippen LogP contribution in [0, 0.1) is 11.3 Å². The summed E-state index contributed by atoms with van der Waals surface area (Å²) in [5, 5.41) is 13.2. The molecule has 7 heteroatoms. The van der Waals surface area contributed by atoms with Crippen LogP contribution in [0.15, 0.2) is 66.8 Å². The van der Waals surface area contributed by atoms with Crippen LogP contribution in [0.3, 0.4) is 0 Å². The molecule has 0 saturated heterocycles. The highest BCUT2D eigenvalue weighted by Crippen LogP contribution is 2.32. The summed E-state index contributed by atoms with van der Waals surface area (Å²) in [6, 6.07) is 15.1. The number of rotatable bonds is 7. The monoisotopic (exact) mass is 415 g/mol. The average molecular weight is 415 g/mol. The number of hydrogen-bond acceptors (Lipinski definition) is 5. The van der Waals surface area contributed by atoms with E-state index in [2.05, 4.69) is 16.4 Å². The molecule has 0 saturated carbocycles. The van der Waals surface area contributed by atoms with Crippen LogP contribution in [-0.2, 0) is 9.47 Å². The molecule has 31 heavy (non-hydrogen) atoms. The maximum atomic E-state index is 12.0. The molecule has 0 aliphatic heterocycles. The normalized spacial score (nSPS) is 12.8. The van der Waals surface area contributed by atoms with E-state index in [0.717, 1.165) is 16.5 Å². The molecule has 0 unspecified atom stereocenters. The van der Waals surface area contributed by atoms with Crippen molar-refractivity contribution in [3.05, 3.63) is 72.3 Å². The number of methoxy groups -OCH3 is 1. The van der Waals surface area contributed by atoms with E-state index in [1.54, 1.807) is 31.4 Å². The number of carbonyl (C=O) groups is 1. The van der Waals surface area contributed by atoms with Crippen LogP contribution >= 0.6 is 0 Å². The number of allylic oxidation sites excluding steroid dienone is 2. The summed E-state index contributed by atoms with van der Waals surface area (Å²) in [5.74, 6) is 0.701. The smallest absolute Gasteiger partial charge is 0.412 e. The van der Waals surface area contributed by atoms with Crippen molar-refractivity contribution in [1.82, 2.24) is 4.98 Å². The fourth-order valence-electron chi connectivity index (χ4n) is 3.32. The van der Waals surface area contributed by atoms with Gasteiger partial charge in [0.05, 0.1) is 23.4 Å². The molecular weight excluding hydrogens is 394 g/mol. The van der Waals surface area contributed by atoms with Crippen LogP contribution < -0.4 is 10.1 Å². The number of nitriles is 1. The van der Waals surface area contributed by atoms with Gasteiger partial charge in [-0.1, -0.05) is 24.3 Å². The van der Waals surface area contributed by atoms with Gasteiger partial charge in [0.15, 0.2) is 0 Å². The fraction of sp³-hybridized carbons (Fsp3) is 0.167.